The number of halogens is 1. The summed E-state index contributed by atoms with van der Waals surface area (Å²) in [5.41, 5.74) is 0.956. The van der Waals surface area contributed by atoms with Crippen LogP contribution in [-0.4, -0.2) is 15.7 Å². The highest BCUT2D eigenvalue weighted by Gasteiger charge is 2.14. The van der Waals surface area contributed by atoms with Crippen molar-refractivity contribution < 1.29 is 13.9 Å². The molecule has 122 valence electrons. The predicted octanol–water partition coefficient (Wildman–Crippen LogP) is 3.76. The molecule has 0 unspecified atom stereocenters. The number of carbonyl (C=O) groups is 1. The van der Waals surface area contributed by atoms with Crippen molar-refractivity contribution in [2.45, 2.75) is 13.5 Å². The van der Waals surface area contributed by atoms with Crippen LogP contribution in [0.5, 0.6) is 11.5 Å². The van der Waals surface area contributed by atoms with E-state index in [-0.39, 0.29) is 23.9 Å². The van der Waals surface area contributed by atoms with E-state index in [0.717, 1.165) is 5.56 Å². The van der Waals surface area contributed by atoms with E-state index in [1.165, 1.54) is 16.8 Å². The summed E-state index contributed by atoms with van der Waals surface area (Å²) < 4.78 is 21.3. The van der Waals surface area contributed by atoms with Crippen LogP contribution in [-0.2, 0) is 11.3 Å². The van der Waals surface area contributed by atoms with Crippen molar-refractivity contribution in [3.8, 4) is 11.5 Å². The predicted molar refractivity (Wildman–Crippen MR) is 88.5 cm³/mol. The van der Waals surface area contributed by atoms with Crippen molar-refractivity contribution in [2.75, 3.05) is 5.32 Å². The largest absolute Gasteiger partial charge is 0.455 e. The average Bonchev–Trinajstić information content (AvgIpc) is 2.96. The van der Waals surface area contributed by atoms with E-state index in [2.05, 4.69) is 10.4 Å². The van der Waals surface area contributed by atoms with Crippen LogP contribution in [0.15, 0.2) is 60.9 Å². The number of para-hydroxylation sites is 2. The first-order valence-electron chi connectivity index (χ1n) is 7.42. The van der Waals surface area contributed by atoms with Gasteiger partial charge in [0.15, 0.2) is 11.6 Å². The van der Waals surface area contributed by atoms with Crippen LogP contribution in [0.4, 0.5) is 10.1 Å². The highest BCUT2D eigenvalue weighted by atomic mass is 19.1. The summed E-state index contributed by atoms with van der Waals surface area (Å²) in [7, 11) is 0. The Labute approximate surface area is 138 Å². The second-order valence-electron chi connectivity index (χ2n) is 5.29. The van der Waals surface area contributed by atoms with E-state index in [1.54, 1.807) is 30.6 Å². The standard InChI is InChI=1S/C18H16FN3O2/c1-13-10-20-22(11-13)12-17(23)21-18-15(19)8-5-9-16(18)24-14-6-3-2-4-7-14/h2-11H,12H2,1H3,(H,21,23). The zero-order valence-electron chi connectivity index (χ0n) is 13.1. The Bertz CT molecular complexity index is 846. The Morgan fingerprint density at radius 1 is 1.21 bits per heavy atom. The molecule has 0 saturated carbocycles. The fourth-order valence-corrected chi connectivity index (χ4v) is 2.21. The first-order valence-corrected chi connectivity index (χ1v) is 7.42. The number of nitrogens with zero attached hydrogens (tertiary/aromatic N) is 2. The third-order valence-electron chi connectivity index (χ3n) is 3.28. The fourth-order valence-electron chi connectivity index (χ4n) is 2.21. The minimum absolute atomic E-state index is 0.00699. The maximum atomic E-state index is 14.1. The van der Waals surface area contributed by atoms with Gasteiger partial charge in [-0.05, 0) is 36.8 Å². The van der Waals surface area contributed by atoms with E-state index < -0.39 is 5.82 Å². The first-order chi connectivity index (χ1) is 11.6. The average molecular weight is 325 g/mol. The number of benzene rings is 2. The summed E-state index contributed by atoms with van der Waals surface area (Å²) >= 11 is 0. The summed E-state index contributed by atoms with van der Waals surface area (Å²) in [6, 6.07) is 13.4. The number of rotatable bonds is 5. The number of hydrogen-bond donors (Lipinski definition) is 1. The van der Waals surface area contributed by atoms with Crippen LogP contribution in [0.2, 0.25) is 0 Å². The molecule has 2 aromatic carbocycles. The van der Waals surface area contributed by atoms with Crippen LogP contribution >= 0.6 is 0 Å². The van der Waals surface area contributed by atoms with E-state index >= 15 is 0 Å². The molecule has 0 aliphatic rings. The van der Waals surface area contributed by atoms with E-state index in [1.807, 2.05) is 25.1 Å². The molecule has 6 heteroatoms. The van der Waals surface area contributed by atoms with Gasteiger partial charge in [-0.1, -0.05) is 24.3 Å². The monoisotopic (exact) mass is 325 g/mol. The smallest absolute Gasteiger partial charge is 0.246 e. The van der Waals surface area contributed by atoms with Crippen molar-refractivity contribution in [3.63, 3.8) is 0 Å². The lowest BCUT2D eigenvalue weighted by Crippen LogP contribution is -2.20. The molecule has 0 spiro atoms. The number of carbonyl (C=O) groups excluding carboxylic acids is 1. The van der Waals surface area contributed by atoms with Gasteiger partial charge >= 0.3 is 0 Å². The Hall–Kier alpha value is -3.15. The van der Waals surface area contributed by atoms with E-state index in [0.29, 0.717) is 5.75 Å². The molecule has 0 saturated heterocycles. The Morgan fingerprint density at radius 2 is 2.00 bits per heavy atom. The quantitative estimate of drug-likeness (QED) is 0.777. The number of anilines is 1. The lowest BCUT2D eigenvalue weighted by atomic mass is 10.2. The Morgan fingerprint density at radius 3 is 2.71 bits per heavy atom. The van der Waals surface area contributed by atoms with Gasteiger partial charge in [-0.25, -0.2) is 4.39 Å². The summed E-state index contributed by atoms with van der Waals surface area (Å²) in [6.45, 7) is 1.87. The molecule has 3 aromatic rings. The maximum Gasteiger partial charge on any atom is 0.246 e. The second-order valence-corrected chi connectivity index (χ2v) is 5.29. The Kier molecular flexibility index (Phi) is 4.56. The first kappa shape index (κ1) is 15.7. The summed E-state index contributed by atoms with van der Waals surface area (Å²) in [4.78, 5) is 12.2. The van der Waals surface area contributed by atoms with Gasteiger partial charge in [-0.3, -0.25) is 9.48 Å². The molecule has 24 heavy (non-hydrogen) atoms. The third kappa shape index (κ3) is 3.78. The maximum absolute atomic E-state index is 14.1. The number of ether oxygens (including phenoxy) is 1. The van der Waals surface area contributed by atoms with Gasteiger partial charge in [0, 0.05) is 6.20 Å². The molecule has 5 nitrogen and oxygen atoms in total. The minimum Gasteiger partial charge on any atom is -0.455 e. The van der Waals surface area contributed by atoms with Crippen LogP contribution in [0.25, 0.3) is 0 Å². The van der Waals surface area contributed by atoms with Gasteiger partial charge < -0.3 is 10.1 Å². The molecule has 0 atom stereocenters. The number of aromatic nitrogens is 2. The lowest BCUT2D eigenvalue weighted by molar-refractivity contribution is -0.116. The second kappa shape index (κ2) is 6.95. The normalized spacial score (nSPS) is 10.4. The molecule has 0 bridgehead atoms. The van der Waals surface area contributed by atoms with Gasteiger partial charge in [0.1, 0.15) is 18.0 Å². The molecule has 1 N–H and O–H groups in total. The van der Waals surface area contributed by atoms with E-state index in [4.69, 9.17) is 4.74 Å². The van der Waals surface area contributed by atoms with Crippen LogP contribution in [0.3, 0.4) is 0 Å². The van der Waals surface area contributed by atoms with Crippen molar-refractivity contribution in [2.24, 2.45) is 0 Å². The fraction of sp³-hybridized carbons (Fsp3) is 0.111. The summed E-state index contributed by atoms with van der Waals surface area (Å²) in [5.74, 6) is -0.151. The van der Waals surface area contributed by atoms with Crippen molar-refractivity contribution in [1.82, 2.24) is 9.78 Å². The van der Waals surface area contributed by atoms with Crippen LogP contribution < -0.4 is 10.1 Å². The molecule has 0 aliphatic heterocycles. The number of hydrogen-bond acceptors (Lipinski definition) is 3. The zero-order valence-corrected chi connectivity index (χ0v) is 13.1. The number of aryl methyl sites for hydroxylation is 1. The van der Waals surface area contributed by atoms with Crippen molar-refractivity contribution in [1.29, 1.82) is 0 Å². The topological polar surface area (TPSA) is 56.2 Å². The summed E-state index contributed by atoms with van der Waals surface area (Å²) in [6.07, 6.45) is 3.39. The molecule has 1 aromatic heterocycles. The summed E-state index contributed by atoms with van der Waals surface area (Å²) in [5, 5.41) is 6.60. The highest BCUT2D eigenvalue weighted by Crippen LogP contribution is 2.31. The molecular weight excluding hydrogens is 309 g/mol. The minimum atomic E-state index is -0.562. The molecule has 0 fully saturated rings. The van der Waals surface area contributed by atoms with Gasteiger partial charge in [-0.2, -0.15) is 5.10 Å². The van der Waals surface area contributed by atoms with Crippen molar-refractivity contribution >= 4 is 11.6 Å². The van der Waals surface area contributed by atoms with Gasteiger partial charge in [0.25, 0.3) is 0 Å². The highest BCUT2D eigenvalue weighted by molar-refractivity contribution is 5.92. The zero-order chi connectivity index (χ0) is 16.9. The van der Waals surface area contributed by atoms with Gasteiger partial charge in [-0.15, -0.1) is 0 Å². The molecular formula is C18H16FN3O2. The molecule has 1 heterocycles. The number of amides is 1. The molecule has 1 amide bonds. The molecule has 0 aliphatic carbocycles. The third-order valence-corrected chi connectivity index (χ3v) is 3.28. The van der Waals surface area contributed by atoms with Crippen LogP contribution in [0, 0.1) is 12.7 Å². The Balaban J connectivity index is 1.78. The number of nitrogens with one attached hydrogen (secondary N) is 1. The lowest BCUT2D eigenvalue weighted by Gasteiger charge is -2.13. The van der Waals surface area contributed by atoms with Crippen molar-refractivity contribution in [3.05, 3.63) is 72.3 Å². The molecule has 3 rings (SSSR count). The van der Waals surface area contributed by atoms with E-state index in [9.17, 15) is 9.18 Å². The van der Waals surface area contributed by atoms with Gasteiger partial charge in [0.05, 0.1) is 6.20 Å². The molecule has 0 radical (unpaired) electrons. The van der Waals surface area contributed by atoms with Crippen LogP contribution in [0.1, 0.15) is 5.56 Å². The SMILES string of the molecule is Cc1cnn(CC(=O)Nc2c(F)cccc2Oc2ccccc2)c1. The van der Waals surface area contributed by atoms with Gasteiger partial charge in [0.2, 0.25) is 5.91 Å².